The van der Waals surface area contributed by atoms with Gasteiger partial charge in [0, 0.05) is 10.4 Å². The molecule has 1 aliphatic rings. The normalized spacial score (nSPS) is 14.3. The molecule has 0 saturated carbocycles. The first-order chi connectivity index (χ1) is 12.6. The molecule has 4 aromatic rings. The molecular formula is C25H18Cl. The van der Waals surface area contributed by atoms with E-state index in [0.717, 1.165) is 5.56 Å². The Balaban J connectivity index is 1.90. The van der Waals surface area contributed by atoms with Gasteiger partial charge >= 0.3 is 0 Å². The van der Waals surface area contributed by atoms with E-state index in [-0.39, 0.29) is 5.41 Å². The molecule has 1 radical (unpaired) electrons. The quantitative estimate of drug-likeness (QED) is 0.337. The van der Waals surface area contributed by atoms with Crippen LogP contribution in [0.3, 0.4) is 0 Å². The molecule has 0 nitrogen and oxygen atoms in total. The van der Waals surface area contributed by atoms with Gasteiger partial charge in [-0.1, -0.05) is 86.1 Å². The van der Waals surface area contributed by atoms with Crippen molar-refractivity contribution in [1.82, 2.24) is 0 Å². The zero-order valence-corrected chi connectivity index (χ0v) is 15.6. The van der Waals surface area contributed by atoms with Crippen LogP contribution in [0.1, 0.15) is 25.0 Å². The summed E-state index contributed by atoms with van der Waals surface area (Å²) in [7, 11) is 0. The second kappa shape index (κ2) is 5.46. The molecule has 0 aromatic heterocycles. The highest BCUT2D eigenvalue weighted by Crippen LogP contribution is 2.49. The lowest BCUT2D eigenvalue weighted by Crippen LogP contribution is -2.23. The number of hydrogen-bond donors (Lipinski definition) is 0. The molecule has 0 atom stereocenters. The number of hydrogen-bond acceptors (Lipinski definition) is 0. The lowest BCUT2D eigenvalue weighted by molar-refractivity contribution is 0.645. The van der Waals surface area contributed by atoms with Gasteiger partial charge < -0.3 is 0 Å². The first-order valence-corrected chi connectivity index (χ1v) is 9.29. The maximum absolute atomic E-state index is 6.06. The molecule has 0 fully saturated rings. The van der Waals surface area contributed by atoms with Gasteiger partial charge in [0.25, 0.3) is 0 Å². The molecule has 0 amide bonds. The van der Waals surface area contributed by atoms with Gasteiger partial charge in [0.2, 0.25) is 0 Å². The van der Waals surface area contributed by atoms with Crippen LogP contribution in [0.2, 0.25) is 5.02 Å². The Kier molecular flexibility index (Phi) is 3.29. The monoisotopic (exact) mass is 353 g/mol. The van der Waals surface area contributed by atoms with Gasteiger partial charge in [0.15, 0.2) is 0 Å². The van der Waals surface area contributed by atoms with E-state index in [0.29, 0.717) is 5.02 Å². The summed E-state index contributed by atoms with van der Waals surface area (Å²) >= 11 is 6.06. The summed E-state index contributed by atoms with van der Waals surface area (Å²) in [6.45, 7) is 4.65. The molecule has 0 N–H and O–H groups in total. The number of rotatable bonds is 1. The van der Waals surface area contributed by atoms with Crippen molar-refractivity contribution in [2.24, 2.45) is 0 Å². The van der Waals surface area contributed by atoms with Gasteiger partial charge in [-0.2, -0.15) is 0 Å². The van der Waals surface area contributed by atoms with Crippen molar-refractivity contribution in [1.29, 1.82) is 0 Å². The smallest absolute Gasteiger partial charge is 0.0412 e. The standard InChI is InChI=1S/C25H18Cl/c1-25(2)22-8-4-3-6-19(22)21-15-14-18(16-10-12-17(26)13-11-16)20-7-5-9-23(25)24(20)21/h3-10,12-15H,1-2H3. The summed E-state index contributed by atoms with van der Waals surface area (Å²) in [6, 6.07) is 29.1. The van der Waals surface area contributed by atoms with Crippen LogP contribution in [0.15, 0.2) is 72.8 Å². The Morgan fingerprint density at radius 1 is 0.731 bits per heavy atom. The van der Waals surface area contributed by atoms with E-state index in [2.05, 4.69) is 74.5 Å². The Labute approximate surface area is 159 Å². The molecule has 0 saturated heterocycles. The number of fused-ring (bicyclic) bond motifs is 2. The average molecular weight is 354 g/mol. The third-order valence-corrected chi connectivity index (χ3v) is 5.90. The maximum atomic E-state index is 6.06. The molecule has 0 bridgehead atoms. The predicted molar refractivity (Wildman–Crippen MR) is 111 cm³/mol. The van der Waals surface area contributed by atoms with Crippen LogP contribution >= 0.6 is 11.6 Å². The van der Waals surface area contributed by atoms with Gasteiger partial charge in [0.1, 0.15) is 0 Å². The van der Waals surface area contributed by atoms with Gasteiger partial charge in [-0.15, -0.1) is 0 Å². The molecule has 0 unspecified atom stereocenters. The predicted octanol–water partition coefficient (Wildman–Crippen LogP) is 7.27. The molecular weight excluding hydrogens is 336 g/mol. The van der Waals surface area contributed by atoms with E-state index in [1.807, 2.05) is 18.2 Å². The molecule has 125 valence electrons. The minimum atomic E-state index is -0.0224. The third-order valence-electron chi connectivity index (χ3n) is 5.67. The Morgan fingerprint density at radius 2 is 1.50 bits per heavy atom. The van der Waals surface area contributed by atoms with Crippen LogP contribution in [-0.4, -0.2) is 0 Å². The fraction of sp³-hybridized carbons (Fsp3) is 0.120. The highest BCUT2D eigenvalue weighted by atomic mass is 35.5. The van der Waals surface area contributed by atoms with Crippen LogP contribution in [0.4, 0.5) is 0 Å². The number of benzene rings is 4. The molecule has 0 heterocycles. The van der Waals surface area contributed by atoms with Crippen LogP contribution in [0, 0.1) is 6.07 Å². The average Bonchev–Trinajstić information content (AvgIpc) is 2.67. The van der Waals surface area contributed by atoms with Crippen molar-refractivity contribution in [2.75, 3.05) is 0 Å². The van der Waals surface area contributed by atoms with Gasteiger partial charge in [-0.25, -0.2) is 0 Å². The minimum Gasteiger partial charge on any atom is -0.0843 e. The second-order valence-corrected chi connectivity index (χ2v) is 7.92. The summed E-state index contributed by atoms with van der Waals surface area (Å²) in [5.74, 6) is 0. The van der Waals surface area contributed by atoms with Gasteiger partial charge in [-0.05, 0) is 62.4 Å². The molecule has 5 rings (SSSR count). The topological polar surface area (TPSA) is 0 Å². The SMILES string of the molecule is CC1(C)c2ccccc2-c2ccc(-c3[c]cc(Cl)cc3)c3cccc1c23. The lowest BCUT2D eigenvalue weighted by atomic mass is 9.68. The van der Waals surface area contributed by atoms with Gasteiger partial charge in [0.05, 0.1) is 0 Å². The van der Waals surface area contributed by atoms with E-state index in [4.69, 9.17) is 11.6 Å². The first kappa shape index (κ1) is 15.7. The van der Waals surface area contributed by atoms with Crippen LogP contribution < -0.4 is 0 Å². The van der Waals surface area contributed by atoms with Gasteiger partial charge in [-0.3, -0.25) is 0 Å². The van der Waals surface area contributed by atoms with E-state index in [1.54, 1.807) is 0 Å². The fourth-order valence-electron chi connectivity index (χ4n) is 4.37. The van der Waals surface area contributed by atoms with E-state index in [9.17, 15) is 0 Å². The Bertz CT molecular complexity index is 1150. The van der Waals surface area contributed by atoms with E-state index < -0.39 is 0 Å². The van der Waals surface area contributed by atoms with Crippen LogP contribution in [-0.2, 0) is 5.41 Å². The zero-order chi connectivity index (χ0) is 17.9. The highest BCUT2D eigenvalue weighted by molar-refractivity contribution is 6.30. The minimum absolute atomic E-state index is 0.0224. The Hall–Kier alpha value is -2.57. The van der Waals surface area contributed by atoms with Crippen LogP contribution in [0.5, 0.6) is 0 Å². The third kappa shape index (κ3) is 2.09. The van der Waals surface area contributed by atoms with Crippen LogP contribution in [0.25, 0.3) is 33.0 Å². The van der Waals surface area contributed by atoms with E-state index in [1.165, 1.54) is 38.6 Å². The van der Waals surface area contributed by atoms with Crippen molar-refractivity contribution in [3.8, 4) is 22.3 Å². The van der Waals surface area contributed by atoms with Crippen molar-refractivity contribution in [3.63, 3.8) is 0 Å². The maximum Gasteiger partial charge on any atom is 0.0412 e. The van der Waals surface area contributed by atoms with Crippen molar-refractivity contribution < 1.29 is 0 Å². The Morgan fingerprint density at radius 3 is 2.31 bits per heavy atom. The summed E-state index contributed by atoms with van der Waals surface area (Å²) in [4.78, 5) is 0. The largest absolute Gasteiger partial charge is 0.0843 e. The first-order valence-electron chi connectivity index (χ1n) is 8.91. The molecule has 0 spiro atoms. The molecule has 26 heavy (non-hydrogen) atoms. The molecule has 1 aliphatic carbocycles. The van der Waals surface area contributed by atoms with Crippen molar-refractivity contribution in [3.05, 3.63) is 95.0 Å². The second-order valence-electron chi connectivity index (χ2n) is 7.48. The fourth-order valence-corrected chi connectivity index (χ4v) is 4.49. The summed E-state index contributed by atoms with van der Waals surface area (Å²) in [5, 5.41) is 3.35. The highest BCUT2D eigenvalue weighted by Gasteiger charge is 2.33. The molecule has 0 aliphatic heterocycles. The van der Waals surface area contributed by atoms with E-state index >= 15 is 0 Å². The summed E-state index contributed by atoms with van der Waals surface area (Å²) < 4.78 is 0. The van der Waals surface area contributed by atoms with Crippen molar-refractivity contribution in [2.45, 2.75) is 19.3 Å². The molecule has 4 aromatic carbocycles. The number of halogens is 1. The molecule has 1 heteroatoms. The summed E-state index contributed by atoms with van der Waals surface area (Å²) in [5.41, 5.74) is 7.71. The zero-order valence-electron chi connectivity index (χ0n) is 14.8. The summed E-state index contributed by atoms with van der Waals surface area (Å²) in [6.07, 6.45) is 0. The lowest BCUT2D eigenvalue weighted by Gasteiger charge is -2.35. The van der Waals surface area contributed by atoms with Crippen molar-refractivity contribution >= 4 is 22.4 Å².